The fourth-order valence-corrected chi connectivity index (χ4v) is 4.50. The van der Waals surface area contributed by atoms with Crippen molar-refractivity contribution >= 4 is 5.91 Å². The summed E-state index contributed by atoms with van der Waals surface area (Å²) in [7, 11) is 0. The third-order valence-corrected chi connectivity index (χ3v) is 6.12. The summed E-state index contributed by atoms with van der Waals surface area (Å²) < 4.78 is 1.56. The molecule has 1 N–H and O–H groups in total. The fraction of sp³-hybridized carbons (Fsp3) is 0.722. The maximum Gasteiger partial charge on any atom is 0.244 e. The van der Waals surface area contributed by atoms with Crippen LogP contribution in [0.25, 0.3) is 0 Å². The van der Waals surface area contributed by atoms with Crippen LogP contribution in [0.3, 0.4) is 0 Å². The van der Waals surface area contributed by atoms with Gasteiger partial charge in [-0.15, -0.1) is 5.10 Å². The van der Waals surface area contributed by atoms with Crippen LogP contribution in [0.2, 0.25) is 0 Å². The lowest BCUT2D eigenvalue weighted by molar-refractivity contribution is -0.135. The van der Waals surface area contributed by atoms with Crippen molar-refractivity contribution in [3.8, 4) is 0 Å². The molecule has 2 aromatic rings. The van der Waals surface area contributed by atoms with Crippen molar-refractivity contribution in [1.29, 1.82) is 0 Å². The average molecular weight is 372 g/mol. The Morgan fingerprint density at radius 2 is 2.11 bits per heavy atom. The third kappa shape index (κ3) is 3.24. The second kappa shape index (κ2) is 7.38. The van der Waals surface area contributed by atoms with Gasteiger partial charge < -0.3 is 9.88 Å². The summed E-state index contributed by atoms with van der Waals surface area (Å²) in [5, 5.41) is 11.4. The van der Waals surface area contributed by atoms with E-state index in [-0.39, 0.29) is 18.0 Å². The van der Waals surface area contributed by atoms with E-state index in [0.29, 0.717) is 5.82 Å². The number of imidazole rings is 1. The van der Waals surface area contributed by atoms with Crippen LogP contribution in [0.1, 0.15) is 49.8 Å². The number of piperidine rings is 1. The number of hydrogen-bond donors (Lipinski definition) is 1. The summed E-state index contributed by atoms with van der Waals surface area (Å²) in [4.78, 5) is 25.3. The maximum atomic E-state index is 12.7. The third-order valence-electron chi connectivity index (χ3n) is 6.12. The molecular weight excluding hydrogens is 344 g/mol. The number of aryl methyl sites for hydroxylation is 1. The first-order chi connectivity index (χ1) is 13.1. The molecule has 1 fully saturated rings. The molecule has 2 aromatic heterocycles. The first kappa shape index (κ1) is 18.1. The van der Waals surface area contributed by atoms with E-state index in [1.54, 1.807) is 4.68 Å². The minimum atomic E-state index is -0.0374. The van der Waals surface area contributed by atoms with Crippen molar-refractivity contribution in [2.24, 2.45) is 0 Å². The van der Waals surface area contributed by atoms with E-state index in [1.807, 2.05) is 18.2 Å². The van der Waals surface area contributed by atoms with Crippen LogP contribution in [-0.2, 0) is 23.3 Å². The number of rotatable bonds is 5. The van der Waals surface area contributed by atoms with Gasteiger partial charge >= 0.3 is 0 Å². The predicted molar refractivity (Wildman–Crippen MR) is 98.8 cm³/mol. The molecule has 0 aliphatic carbocycles. The SMILES string of the molecule is CCCCN1CCc2[nH]cnc2C12CCN(C(=O)Cn1nnnc1C)CC2. The van der Waals surface area contributed by atoms with E-state index in [2.05, 4.69) is 32.3 Å². The first-order valence-electron chi connectivity index (χ1n) is 9.92. The molecule has 1 amide bonds. The number of likely N-dealkylation sites (tertiary alicyclic amines) is 1. The highest BCUT2D eigenvalue weighted by Gasteiger charge is 2.46. The average Bonchev–Trinajstić information content (AvgIpc) is 3.32. The molecule has 9 heteroatoms. The molecule has 1 saturated heterocycles. The fourth-order valence-electron chi connectivity index (χ4n) is 4.50. The number of aromatic nitrogens is 6. The molecule has 27 heavy (non-hydrogen) atoms. The molecule has 4 heterocycles. The lowest BCUT2D eigenvalue weighted by Gasteiger charge is -2.50. The number of hydrogen-bond acceptors (Lipinski definition) is 6. The standard InChI is InChI=1S/C18H28N8O/c1-3-4-8-25-9-5-15-17(20-13-19-15)18(25)6-10-24(11-7-18)16(27)12-26-14(2)21-22-23-26/h13H,3-12H2,1-2H3,(H,19,20). The molecule has 2 aliphatic heterocycles. The zero-order valence-electron chi connectivity index (χ0n) is 16.2. The molecular formula is C18H28N8O. The summed E-state index contributed by atoms with van der Waals surface area (Å²) in [5.74, 6) is 0.745. The Labute approximate surface area is 159 Å². The largest absolute Gasteiger partial charge is 0.348 e. The van der Waals surface area contributed by atoms with Crippen LogP contribution in [-0.4, -0.2) is 72.1 Å². The molecule has 0 saturated carbocycles. The number of unbranched alkanes of at least 4 members (excludes halogenated alkanes) is 1. The van der Waals surface area contributed by atoms with Crippen molar-refractivity contribution in [3.63, 3.8) is 0 Å². The zero-order valence-corrected chi connectivity index (χ0v) is 16.2. The Bertz CT molecular complexity index is 789. The van der Waals surface area contributed by atoms with Crippen LogP contribution >= 0.6 is 0 Å². The highest BCUT2D eigenvalue weighted by molar-refractivity contribution is 5.76. The molecule has 0 bridgehead atoms. The van der Waals surface area contributed by atoms with E-state index < -0.39 is 0 Å². The predicted octanol–water partition coefficient (Wildman–Crippen LogP) is 0.881. The van der Waals surface area contributed by atoms with Crippen LogP contribution in [0.5, 0.6) is 0 Å². The molecule has 0 atom stereocenters. The normalized spacial score (nSPS) is 19.4. The topological polar surface area (TPSA) is 95.8 Å². The van der Waals surface area contributed by atoms with Gasteiger partial charge in [0.1, 0.15) is 12.4 Å². The highest BCUT2D eigenvalue weighted by Crippen LogP contribution is 2.42. The molecule has 4 rings (SSSR count). The van der Waals surface area contributed by atoms with Gasteiger partial charge in [0.05, 0.1) is 17.6 Å². The first-order valence-corrected chi connectivity index (χ1v) is 9.92. The Hall–Kier alpha value is -2.29. The van der Waals surface area contributed by atoms with Gasteiger partial charge in [-0.05, 0) is 43.2 Å². The van der Waals surface area contributed by atoms with Crippen LogP contribution in [0.15, 0.2) is 6.33 Å². The van der Waals surface area contributed by atoms with Gasteiger partial charge in [0, 0.05) is 31.7 Å². The van der Waals surface area contributed by atoms with Crippen molar-refractivity contribution in [1.82, 2.24) is 40.0 Å². The van der Waals surface area contributed by atoms with Gasteiger partial charge in [0.2, 0.25) is 5.91 Å². The number of nitrogens with zero attached hydrogens (tertiary/aromatic N) is 7. The summed E-state index contributed by atoms with van der Waals surface area (Å²) in [5.41, 5.74) is 2.43. The molecule has 9 nitrogen and oxygen atoms in total. The van der Waals surface area contributed by atoms with E-state index >= 15 is 0 Å². The van der Waals surface area contributed by atoms with Crippen LogP contribution < -0.4 is 0 Å². The van der Waals surface area contributed by atoms with Crippen molar-refractivity contribution in [3.05, 3.63) is 23.5 Å². The number of amides is 1. The number of carbonyl (C=O) groups excluding carboxylic acids is 1. The van der Waals surface area contributed by atoms with E-state index in [4.69, 9.17) is 4.98 Å². The highest BCUT2D eigenvalue weighted by atomic mass is 16.2. The van der Waals surface area contributed by atoms with Crippen molar-refractivity contribution in [2.75, 3.05) is 26.2 Å². The van der Waals surface area contributed by atoms with Gasteiger partial charge in [0.15, 0.2) is 0 Å². The smallest absolute Gasteiger partial charge is 0.244 e. The molecule has 146 valence electrons. The number of fused-ring (bicyclic) bond motifs is 2. The van der Waals surface area contributed by atoms with Gasteiger partial charge in [-0.3, -0.25) is 9.69 Å². The summed E-state index contributed by atoms with van der Waals surface area (Å²) in [6.07, 6.45) is 7.10. The monoisotopic (exact) mass is 372 g/mol. The number of aromatic amines is 1. The Morgan fingerprint density at radius 3 is 2.81 bits per heavy atom. The van der Waals surface area contributed by atoms with Gasteiger partial charge in [-0.2, -0.15) is 0 Å². The molecule has 0 aromatic carbocycles. The maximum absolute atomic E-state index is 12.7. The van der Waals surface area contributed by atoms with Gasteiger partial charge in [-0.25, -0.2) is 9.67 Å². The Morgan fingerprint density at radius 1 is 1.30 bits per heavy atom. The minimum Gasteiger partial charge on any atom is -0.348 e. The van der Waals surface area contributed by atoms with E-state index in [0.717, 1.165) is 45.4 Å². The minimum absolute atomic E-state index is 0.0374. The summed E-state index contributed by atoms with van der Waals surface area (Å²) in [6, 6.07) is 0. The molecule has 1 spiro atoms. The van der Waals surface area contributed by atoms with Gasteiger partial charge in [-0.1, -0.05) is 13.3 Å². The molecule has 0 radical (unpaired) electrons. The van der Waals surface area contributed by atoms with E-state index in [1.165, 1.54) is 24.2 Å². The number of H-pyrrole nitrogens is 1. The second-order valence-corrected chi connectivity index (χ2v) is 7.62. The molecule has 2 aliphatic rings. The number of nitrogens with one attached hydrogen (secondary N) is 1. The lowest BCUT2D eigenvalue weighted by atomic mass is 9.78. The van der Waals surface area contributed by atoms with Crippen molar-refractivity contribution < 1.29 is 4.79 Å². The summed E-state index contributed by atoms with van der Waals surface area (Å²) >= 11 is 0. The van der Waals surface area contributed by atoms with Crippen LogP contribution in [0, 0.1) is 6.92 Å². The lowest BCUT2D eigenvalue weighted by Crippen LogP contribution is -2.57. The second-order valence-electron chi connectivity index (χ2n) is 7.62. The van der Waals surface area contributed by atoms with E-state index in [9.17, 15) is 4.79 Å². The number of tetrazole rings is 1. The van der Waals surface area contributed by atoms with Crippen molar-refractivity contribution in [2.45, 2.75) is 58.0 Å². The Kier molecular flexibility index (Phi) is 4.94. The Balaban J connectivity index is 1.48. The molecule has 0 unspecified atom stereocenters. The van der Waals surface area contributed by atoms with Crippen LogP contribution in [0.4, 0.5) is 0 Å². The summed E-state index contributed by atoms with van der Waals surface area (Å²) in [6.45, 7) is 7.90. The number of carbonyl (C=O) groups is 1. The zero-order chi connectivity index (χ0) is 18.9. The quantitative estimate of drug-likeness (QED) is 0.837. The van der Waals surface area contributed by atoms with Gasteiger partial charge in [0.25, 0.3) is 0 Å².